The molecule has 2 heterocycles. The van der Waals surface area contributed by atoms with Crippen molar-refractivity contribution in [2.75, 3.05) is 6.61 Å². The Morgan fingerprint density at radius 2 is 2.08 bits per heavy atom. The van der Waals surface area contributed by atoms with Crippen LogP contribution >= 0.6 is 0 Å². The van der Waals surface area contributed by atoms with Gasteiger partial charge in [0.1, 0.15) is 11.4 Å². The largest absolute Gasteiger partial charge is 0.466 e. The van der Waals surface area contributed by atoms with Crippen LogP contribution in [0.2, 0.25) is 0 Å². The summed E-state index contributed by atoms with van der Waals surface area (Å²) in [6.07, 6.45) is 1.69. The second-order valence-electron chi connectivity index (χ2n) is 4.18. The van der Waals surface area contributed by atoms with Crippen LogP contribution in [0.3, 0.4) is 0 Å². The minimum atomic E-state index is -0.226. The highest BCUT2D eigenvalue weighted by molar-refractivity contribution is 5.16. The van der Waals surface area contributed by atoms with Gasteiger partial charge in [-0.05, 0) is 19.1 Å². The molecular weight excluding hydrogens is 152 g/mol. The summed E-state index contributed by atoms with van der Waals surface area (Å²) in [5.41, 5.74) is -0.0403. The lowest BCUT2D eigenvalue weighted by Gasteiger charge is -2.52. The zero-order valence-electron chi connectivity index (χ0n) is 7.76. The van der Waals surface area contributed by atoms with Crippen LogP contribution in [-0.2, 0) is 10.3 Å². The molecule has 1 fully saturated rings. The lowest BCUT2D eigenvalue weighted by Crippen LogP contribution is -2.55. The number of hydrogen-bond donors (Lipinski definition) is 0. The predicted octanol–water partition coefficient (Wildman–Crippen LogP) is 2.55. The summed E-state index contributed by atoms with van der Waals surface area (Å²) >= 11 is 0. The maximum absolute atomic E-state index is 5.58. The highest BCUT2D eigenvalue weighted by atomic mass is 16.5. The van der Waals surface area contributed by atoms with Gasteiger partial charge in [-0.25, -0.2) is 0 Å². The molecule has 1 aliphatic heterocycles. The summed E-state index contributed by atoms with van der Waals surface area (Å²) in [4.78, 5) is 0. The highest BCUT2D eigenvalue weighted by Gasteiger charge is 2.54. The van der Waals surface area contributed by atoms with Crippen molar-refractivity contribution in [1.82, 2.24) is 0 Å². The van der Waals surface area contributed by atoms with Crippen molar-refractivity contribution in [3.8, 4) is 0 Å². The quantitative estimate of drug-likeness (QED) is 0.639. The van der Waals surface area contributed by atoms with E-state index in [-0.39, 0.29) is 11.0 Å². The third-order valence-corrected chi connectivity index (χ3v) is 3.00. The number of hydrogen-bond acceptors (Lipinski definition) is 2. The number of ether oxygens (including phenoxy) is 1. The third-order valence-electron chi connectivity index (χ3n) is 3.00. The van der Waals surface area contributed by atoms with Gasteiger partial charge in [0.2, 0.25) is 0 Å². The minimum Gasteiger partial charge on any atom is -0.466 e. The van der Waals surface area contributed by atoms with E-state index >= 15 is 0 Å². The van der Waals surface area contributed by atoms with Gasteiger partial charge in [-0.15, -0.1) is 0 Å². The third kappa shape index (κ3) is 0.787. The first-order valence-corrected chi connectivity index (χ1v) is 4.24. The zero-order chi connectivity index (χ0) is 8.82. The van der Waals surface area contributed by atoms with E-state index in [0.717, 1.165) is 12.4 Å². The van der Waals surface area contributed by atoms with Gasteiger partial charge >= 0.3 is 0 Å². The Bertz CT molecular complexity index is 274. The molecule has 0 aliphatic carbocycles. The Kier molecular flexibility index (Phi) is 1.40. The van der Waals surface area contributed by atoms with Crippen LogP contribution in [0.25, 0.3) is 0 Å². The van der Waals surface area contributed by atoms with E-state index in [4.69, 9.17) is 9.15 Å². The molecule has 1 atom stereocenters. The van der Waals surface area contributed by atoms with E-state index in [0.29, 0.717) is 0 Å². The second-order valence-corrected chi connectivity index (χ2v) is 4.18. The van der Waals surface area contributed by atoms with Gasteiger partial charge in [0.15, 0.2) is 0 Å². The lowest BCUT2D eigenvalue weighted by molar-refractivity contribution is -0.258. The van der Waals surface area contributed by atoms with Gasteiger partial charge < -0.3 is 9.15 Å². The number of furan rings is 1. The maximum atomic E-state index is 5.58. The van der Waals surface area contributed by atoms with Crippen LogP contribution in [0.5, 0.6) is 0 Å². The summed E-state index contributed by atoms with van der Waals surface area (Å²) in [5.74, 6) is 0.929. The molecule has 1 aliphatic rings. The molecule has 1 saturated heterocycles. The lowest BCUT2D eigenvalue weighted by atomic mass is 9.70. The van der Waals surface area contributed by atoms with E-state index in [1.807, 2.05) is 12.1 Å². The molecule has 12 heavy (non-hydrogen) atoms. The van der Waals surface area contributed by atoms with E-state index in [2.05, 4.69) is 20.8 Å². The Morgan fingerprint density at radius 1 is 1.33 bits per heavy atom. The average molecular weight is 166 g/mol. The molecule has 0 amide bonds. The molecular formula is C10H14O2. The average Bonchev–Trinajstić information content (AvgIpc) is 2.53. The molecule has 1 aromatic heterocycles. The van der Waals surface area contributed by atoms with Gasteiger partial charge in [-0.1, -0.05) is 13.8 Å². The Balaban J connectivity index is 2.35. The van der Waals surface area contributed by atoms with Crippen LogP contribution in [0.4, 0.5) is 0 Å². The van der Waals surface area contributed by atoms with Crippen molar-refractivity contribution in [3.05, 3.63) is 24.2 Å². The molecule has 0 saturated carbocycles. The first-order chi connectivity index (χ1) is 5.56. The molecule has 0 bridgehead atoms. The fourth-order valence-electron chi connectivity index (χ4n) is 1.53. The highest BCUT2D eigenvalue weighted by Crippen LogP contribution is 2.51. The zero-order valence-corrected chi connectivity index (χ0v) is 7.76. The number of rotatable bonds is 1. The van der Waals surface area contributed by atoms with E-state index < -0.39 is 0 Å². The van der Waals surface area contributed by atoms with Crippen molar-refractivity contribution in [1.29, 1.82) is 0 Å². The van der Waals surface area contributed by atoms with Crippen molar-refractivity contribution in [2.24, 2.45) is 5.41 Å². The van der Waals surface area contributed by atoms with Gasteiger partial charge in [0.05, 0.1) is 12.9 Å². The molecule has 0 radical (unpaired) electrons. The van der Waals surface area contributed by atoms with E-state index in [9.17, 15) is 0 Å². The van der Waals surface area contributed by atoms with Crippen molar-refractivity contribution in [2.45, 2.75) is 26.4 Å². The molecule has 2 nitrogen and oxygen atoms in total. The van der Waals surface area contributed by atoms with Gasteiger partial charge in [-0.3, -0.25) is 0 Å². The summed E-state index contributed by atoms with van der Waals surface area (Å²) in [6.45, 7) is 7.28. The van der Waals surface area contributed by atoms with Crippen LogP contribution in [-0.4, -0.2) is 6.61 Å². The minimum absolute atomic E-state index is 0.185. The topological polar surface area (TPSA) is 22.4 Å². The molecule has 66 valence electrons. The second kappa shape index (κ2) is 2.13. The summed E-state index contributed by atoms with van der Waals surface area (Å²) in [6, 6.07) is 3.87. The summed E-state index contributed by atoms with van der Waals surface area (Å²) in [7, 11) is 0. The van der Waals surface area contributed by atoms with Gasteiger partial charge in [-0.2, -0.15) is 0 Å². The maximum Gasteiger partial charge on any atom is 0.135 e. The Labute approximate surface area is 72.5 Å². The summed E-state index contributed by atoms with van der Waals surface area (Å²) < 4.78 is 10.9. The Morgan fingerprint density at radius 3 is 2.42 bits per heavy atom. The van der Waals surface area contributed by atoms with Crippen molar-refractivity contribution < 1.29 is 9.15 Å². The van der Waals surface area contributed by atoms with E-state index in [1.165, 1.54) is 0 Å². The molecule has 0 aromatic carbocycles. The van der Waals surface area contributed by atoms with E-state index in [1.54, 1.807) is 6.26 Å². The fraction of sp³-hybridized carbons (Fsp3) is 0.600. The first-order valence-electron chi connectivity index (χ1n) is 4.24. The molecule has 1 aromatic rings. The molecule has 2 heteroatoms. The fourth-order valence-corrected chi connectivity index (χ4v) is 1.53. The smallest absolute Gasteiger partial charge is 0.135 e. The predicted molar refractivity (Wildman–Crippen MR) is 45.8 cm³/mol. The monoisotopic (exact) mass is 166 g/mol. The van der Waals surface area contributed by atoms with Crippen LogP contribution < -0.4 is 0 Å². The normalized spacial score (nSPS) is 32.9. The van der Waals surface area contributed by atoms with Gasteiger partial charge in [0.25, 0.3) is 0 Å². The van der Waals surface area contributed by atoms with Crippen LogP contribution in [0, 0.1) is 5.41 Å². The molecule has 0 spiro atoms. The SMILES string of the molecule is CC1(C)COC1(C)c1ccco1. The molecule has 0 N–H and O–H groups in total. The van der Waals surface area contributed by atoms with Crippen LogP contribution in [0.1, 0.15) is 26.5 Å². The first kappa shape index (κ1) is 7.87. The van der Waals surface area contributed by atoms with Crippen LogP contribution in [0.15, 0.2) is 22.8 Å². The summed E-state index contributed by atoms with van der Waals surface area (Å²) in [5, 5.41) is 0. The molecule has 1 unspecified atom stereocenters. The molecule has 2 rings (SSSR count). The standard InChI is InChI=1S/C10H14O2/c1-9(2)7-12-10(9,3)8-5-4-6-11-8/h4-6H,7H2,1-3H3. The van der Waals surface area contributed by atoms with Crippen molar-refractivity contribution in [3.63, 3.8) is 0 Å². The van der Waals surface area contributed by atoms with Crippen molar-refractivity contribution >= 4 is 0 Å². The van der Waals surface area contributed by atoms with Gasteiger partial charge in [0, 0.05) is 5.41 Å². The Hall–Kier alpha value is -0.760.